The van der Waals surface area contributed by atoms with E-state index in [1.54, 1.807) is 0 Å². The molecule has 0 saturated carbocycles. The minimum atomic E-state index is -0.503. The summed E-state index contributed by atoms with van der Waals surface area (Å²) in [4.78, 5) is 0. The number of benzene rings is 1. The Labute approximate surface area is 99.8 Å². The molecule has 0 radical (unpaired) electrons. The van der Waals surface area contributed by atoms with E-state index in [1.165, 1.54) is 11.3 Å². The molecule has 2 rings (SSSR count). The van der Waals surface area contributed by atoms with Crippen LogP contribution in [0.2, 0.25) is 5.02 Å². The molecule has 0 amide bonds. The zero-order chi connectivity index (χ0) is 10.7. The van der Waals surface area contributed by atoms with Gasteiger partial charge >= 0.3 is 0 Å². The number of aliphatic hydroxyl groups is 1. The summed E-state index contributed by atoms with van der Waals surface area (Å²) in [6.45, 7) is 0. The van der Waals surface area contributed by atoms with Gasteiger partial charge < -0.3 is 5.11 Å². The molecule has 1 aliphatic heterocycles. The largest absolute Gasteiger partial charge is 0.389 e. The van der Waals surface area contributed by atoms with Crippen molar-refractivity contribution in [2.75, 3.05) is 11.5 Å². The molecule has 1 aromatic carbocycles. The minimum absolute atomic E-state index is 0.503. The lowest BCUT2D eigenvalue weighted by Crippen LogP contribution is -2.37. The van der Waals surface area contributed by atoms with E-state index in [2.05, 4.69) is 0 Å². The highest BCUT2D eigenvalue weighted by molar-refractivity contribution is 7.99. The summed E-state index contributed by atoms with van der Waals surface area (Å²) in [6.07, 6.45) is 2.79. The van der Waals surface area contributed by atoms with Gasteiger partial charge in [-0.25, -0.2) is 0 Å². The summed E-state index contributed by atoms with van der Waals surface area (Å²) in [5.74, 6) is 2.04. The van der Waals surface area contributed by atoms with Crippen LogP contribution in [0.1, 0.15) is 18.4 Å². The fourth-order valence-corrected chi connectivity index (χ4v) is 3.20. The van der Waals surface area contributed by atoms with Gasteiger partial charge in [0.05, 0.1) is 5.60 Å². The SMILES string of the molecule is OC1(Cc2ccc(Cl)cc2)CCCSC1. The summed E-state index contributed by atoms with van der Waals surface area (Å²) in [6, 6.07) is 7.77. The molecule has 1 nitrogen and oxygen atoms in total. The molecule has 82 valence electrons. The second-order valence-electron chi connectivity index (χ2n) is 4.18. The van der Waals surface area contributed by atoms with Crippen LogP contribution in [0.3, 0.4) is 0 Å². The van der Waals surface area contributed by atoms with Crippen LogP contribution in [0.5, 0.6) is 0 Å². The number of thioether (sulfide) groups is 1. The van der Waals surface area contributed by atoms with Crippen molar-refractivity contribution in [3.05, 3.63) is 34.9 Å². The maximum absolute atomic E-state index is 10.3. The van der Waals surface area contributed by atoms with Crippen molar-refractivity contribution in [3.8, 4) is 0 Å². The van der Waals surface area contributed by atoms with Crippen molar-refractivity contribution < 1.29 is 5.11 Å². The van der Waals surface area contributed by atoms with E-state index in [9.17, 15) is 5.11 Å². The summed E-state index contributed by atoms with van der Waals surface area (Å²) in [7, 11) is 0. The van der Waals surface area contributed by atoms with Crippen molar-refractivity contribution in [1.29, 1.82) is 0 Å². The maximum atomic E-state index is 10.3. The number of hydrogen-bond acceptors (Lipinski definition) is 2. The molecule has 3 heteroatoms. The second kappa shape index (κ2) is 4.77. The van der Waals surface area contributed by atoms with Crippen molar-refractivity contribution in [3.63, 3.8) is 0 Å². The van der Waals surface area contributed by atoms with E-state index in [-0.39, 0.29) is 0 Å². The van der Waals surface area contributed by atoms with E-state index in [1.807, 2.05) is 36.0 Å². The molecule has 15 heavy (non-hydrogen) atoms. The Morgan fingerprint density at radius 1 is 1.33 bits per heavy atom. The summed E-state index contributed by atoms with van der Waals surface area (Å²) >= 11 is 7.67. The molecule has 1 aromatic rings. The lowest BCUT2D eigenvalue weighted by atomic mass is 9.92. The Bertz CT molecular complexity index is 317. The van der Waals surface area contributed by atoms with Crippen LogP contribution < -0.4 is 0 Å². The van der Waals surface area contributed by atoms with Crippen LogP contribution in [0.15, 0.2) is 24.3 Å². The molecule has 1 saturated heterocycles. The molecule has 0 aromatic heterocycles. The molecule has 1 atom stereocenters. The first kappa shape index (κ1) is 11.3. The predicted molar refractivity (Wildman–Crippen MR) is 66.7 cm³/mol. The van der Waals surface area contributed by atoms with Crippen molar-refractivity contribution in [2.45, 2.75) is 24.9 Å². The third-order valence-corrected chi connectivity index (χ3v) is 4.32. The van der Waals surface area contributed by atoms with Gasteiger partial charge in [0.15, 0.2) is 0 Å². The fourth-order valence-electron chi connectivity index (χ4n) is 1.96. The average molecular weight is 243 g/mol. The molecule has 1 fully saturated rings. The van der Waals surface area contributed by atoms with Crippen LogP contribution in [-0.4, -0.2) is 22.2 Å². The standard InChI is InChI=1S/C12H15ClOS/c13-11-4-2-10(3-5-11)8-12(14)6-1-7-15-9-12/h2-5,14H,1,6-9H2. The average Bonchev–Trinajstić information content (AvgIpc) is 2.22. The van der Waals surface area contributed by atoms with Gasteiger partial charge in [0, 0.05) is 17.2 Å². The lowest BCUT2D eigenvalue weighted by Gasteiger charge is -2.31. The van der Waals surface area contributed by atoms with Gasteiger partial charge in [0.2, 0.25) is 0 Å². The first-order valence-electron chi connectivity index (χ1n) is 5.23. The Morgan fingerprint density at radius 2 is 2.07 bits per heavy atom. The van der Waals surface area contributed by atoms with Gasteiger partial charge in [0.25, 0.3) is 0 Å². The van der Waals surface area contributed by atoms with Crippen LogP contribution in [0, 0.1) is 0 Å². The smallest absolute Gasteiger partial charge is 0.0778 e. The minimum Gasteiger partial charge on any atom is -0.389 e. The lowest BCUT2D eigenvalue weighted by molar-refractivity contribution is 0.0530. The summed E-state index contributed by atoms with van der Waals surface area (Å²) < 4.78 is 0. The molecule has 0 aliphatic carbocycles. The highest BCUT2D eigenvalue weighted by Crippen LogP contribution is 2.29. The third-order valence-electron chi connectivity index (χ3n) is 2.75. The third kappa shape index (κ3) is 3.13. The molecule has 0 spiro atoms. The normalized spacial score (nSPS) is 26.5. The number of rotatable bonds is 2. The Morgan fingerprint density at radius 3 is 2.67 bits per heavy atom. The highest BCUT2D eigenvalue weighted by atomic mass is 35.5. The van der Waals surface area contributed by atoms with Crippen LogP contribution >= 0.6 is 23.4 Å². The molecule has 0 bridgehead atoms. The second-order valence-corrected chi connectivity index (χ2v) is 5.73. The van der Waals surface area contributed by atoms with E-state index >= 15 is 0 Å². The molecule has 1 heterocycles. The first-order chi connectivity index (χ1) is 7.18. The van der Waals surface area contributed by atoms with Crippen LogP contribution in [0.25, 0.3) is 0 Å². The Hall–Kier alpha value is -0.180. The van der Waals surface area contributed by atoms with E-state index < -0.39 is 5.60 Å². The van der Waals surface area contributed by atoms with Gasteiger partial charge in [-0.15, -0.1) is 0 Å². The van der Waals surface area contributed by atoms with Crippen molar-refractivity contribution in [1.82, 2.24) is 0 Å². The zero-order valence-electron chi connectivity index (χ0n) is 8.58. The molecular weight excluding hydrogens is 228 g/mol. The zero-order valence-corrected chi connectivity index (χ0v) is 10.2. The monoisotopic (exact) mass is 242 g/mol. The van der Waals surface area contributed by atoms with E-state index in [4.69, 9.17) is 11.6 Å². The summed E-state index contributed by atoms with van der Waals surface area (Å²) in [5.41, 5.74) is 0.668. The molecule has 1 N–H and O–H groups in total. The van der Waals surface area contributed by atoms with Gasteiger partial charge in [-0.05, 0) is 36.3 Å². The quantitative estimate of drug-likeness (QED) is 0.860. The fraction of sp³-hybridized carbons (Fsp3) is 0.500. The van der Waals surface area contributed by atoms with Gasteiger partial charge in [-0.3, -0.25) is 0 Å². The Kier molecular flexibility index (Phi) is 3.60. The van der Waals surface area contributed by atoms with Crippen LogP contribution in [-0.2, 0) is 6.42 Å². The summed E-state index contributed by atoms with van der Waals surface area (Å²) in [5, 5.41) is 11.1. The molecule has 1 aliphatic rings. The van der Waals surface area contributed by atoms with Gasteiger partial charge in [-0.2, -0.15) is 11.8 Å². The highest BCUT2D eigenvalue weighted by Gasteiger charge is 2.29. The molecular formula is C12H15ClOS. The van der Waals surface area contributed by atoms with Crippen LogP contribution in [0.4, 0.5) is 0 Å². The predicted octanol–water partition coefficient (Wildman–Crippen LogP) is 3.14. The maximum Gasteiger partial charge on any atom is 0.0778 e. The molecule has 1 unspecified atom stereocenters. The number of halogens is 1. The van der Waals surface area contributed by atoms with E-state index in [0.29, 0.717) is 0 Å². The topological polar surface area (TPSA) is 20.2 Å². The van der Waals surface area contributed by atoms with Gasteiger partial charge in [-0.1, -0.05) is 23.7 Å². The van der Waals surface area contributed by atoms with Crippen molar-refractivity contribution in [2.24, 2.45) is 0 Å². The Balaban J connectivity index is 2.03. The van der Waals surface area contributed by atoms with Crippen molar-refractivity contribution >= 4 is 23.4 Å². The number of hydrogen-bond donors (Lipinski definition) is 1. The first-order valence-corrected chi connectivity index (χ1v) is 6.76. The van der Waals surface area contributed by atoms with Gasteiger partial charge in [0.1, 0.15) is 0 Å². The van der Waals surface area contributed by atoms with E-state index in [0.717, 1.165) is 30.0 Å².